The van der Waals surface area contributed by atoms with Gasteiger partial charge in [-0.3, -0.25) is 37.9 Å². The van der Waals surface area contributed by atoms with Crippen LogP contribution in [0.25, 0.3) is 0 Å². The minimum atomic E-state index is -4.50. The number of rotatable bonds is 10. The van der Waals surface area contributed by atoms with Crippen molar-refractivity contribution in [2.24, 2.45) is 0 Å². The Morgan fingerprint density at radius 3 is 1.45 bits per heavy atom. The van der Waals surface area contributed by atoms with Crippen molar-refractivity contribution in [1.82, 2.24) is 31.2 Å². The number of anilines is 1. The summed E-state index contributed by atoms with van der Waals surface area (Å²) in [5, 5.41) is 34.5. The molecule has 0 radical (unpaired) electrons. The van der Waals surface area contributed by atoms with E-state index in [0.717, 1.165) is 22.3 Å². The van der Waals surface area contributed by atoms with Gasteiger partial charge < -0.3 is 36.8 Å². The van der Waals surface area contributed by atoms with Crippen LogP contribution in [-0.2, 0) is 66.8 Å². The fourth-order valence-corrected chi connectivity index (χ4v) is 11.1. The van der Waals surface area contributed by atoms with Gasteiger partial charge in [-0.2, -0.15) is 16.8 Å². The second kappa shape index (κ2) is 24.4. The zero-order valence-electron chi connectivity index (χ0n) is 46.1. The average molecular weight is 1190 g/mol. The quantitative estimate of drug-likeness (QED) is 0.0443. The molecule has 1 aliphatic carbocycles. The first-order valence-corrected chi connectivity index (χ1v) is 29.7. The summed E-state index contributed by atoms with van der Waals surface area (Å²) in [6, 6.07) is 32.5. The number of nitrogens with one attached hydrogen (secondary N) is 6. The number of carbonyl (C=O) groups excluding carboxylic acids is 5. The molecule has 22 nitrogen and oxygen atoms in total. The molecular formula is C61H59N8O14S2+. The Kier molecular flexibility index (Phi) is 17.2. The van der Waals surface area contributed by atoms with E-state index in [2.05, 4.69) is 41.5 Å². The number of unbranched alkanes of at least 4 members (excludes halogenated alkanes) is 2. The number of carboxylic acids is 1. The number of nitrogens with zero attached hydrogens (tertiary/aromatic N) is 2. The van der Waals surface area contributed by atoms with Gasteiger partial charge in [0.05, 0.1) is 26.4 Å². The molecule has 0 saturated heterocycles. The first kappa shape index (κ1) is 60.1. The summed E-state index contributed by atoms with van der Waals surface area (Å²) in [4.78, 5) is 86.0. The molecule has 0 fully saturated rings. The predicted molar refractivity (Wildman–Crippen MR) is 310 cm³/mol. The molecule has 0 unspecified atom stereocenters. The van der Waals surface area contributed by atoms with Crippen molar-refractivity contribution in [2.75, 3.05) is 5.32 Å². The first-order valence-electron chi connectivity index (χ1n) is 26.8. The van der Waals surface area contributed by atoms with Crippen molar-refractivity contribution in [1.29, 1.82) is 0 Å². The number of aromatic nitrogens is 2. The fraction of sp³-hybridized carbons (Fsp3) is 0.230. The number of hydrogen-bond donors (Lipinski definition) is 10. The van der Waals surface area contributed by atoms with Crippen LogP contribution in [-0.4, -0.2) is 87.2 Å². The maximum Gasteiger partial charge on any atom is 0.303 e. The Balaban J connectivity index is 0.000000205. The Hall–Kier alpha value is -9.49. The maximum atomic E-state index is 13.4. The van der Waals surface area contributed by atoms with Crippen LogP contribution < -0.4 is 31.6 Å². The van der Waals surface area contributed by atoms with Crippen LogP contribution in [0.5, 0.6) is 0 Å². The van der Waals surface area contributed by atoms with Crippen molar-refractivity contribution in [3.05, 3.63) is 212 Å². The number of Topliss-reactive ketones (excluding diaryl/α,β-unsaturated/α-hetero) is 1. The number of fused-ring (bicyclic) bond motifs is 2. The average Bonchev–Trinajstić information content (AvgIpc) is 1.90. The second-order valence-corrected chi connectivity index (χ2v) is 24.2. The standard InChI is InChI=1S/C31H32N2O10S2.C30H26N6O4/c1-30(2)21-13-17(44(38,39)40)8-10-23(21)32-25(30)15-19-28(36)20(29(19)37)16-26-31(3,12-6-4-5-7-27(34)35)22-14-18(45(41,42)43)9-11-24(22)33-26;37-27-23-3-1-4-24(35-23)28(38)32-16-20-9-13-22(14-10-20)18-34-30(40)26-6-2-5-25(36-26)29(39)33-17-21-11-7-19(8-12-21)15-31-27/h8-11,13-16,33,36H,4-7,12H2,1-3H3,(H,34,35)(H,38,39,40)(H,41,42,43);1-14H,15-18H2,(H,31,37)(H,32,38)(H,33,39)(H,34,40)/p+1/b19-15+,26-16-;/t31-;/m1./s1. The number of carbonyl (C=O) groups is 6. The number of ketones is 1. The number of hydrogen-bond acceptors (Lipinski definition) is 14. The highest BCUT2D eigenvalue weighted by Gasteiger charge is 2.45. The molecule has 6 aromatic rings. The molecule has 85 heavy (non-hydrogen) atoms. The van der Waals surface area contributed by atoms with E-state index in [1.165, 1.54) is 48.6 Å². The topological polar surface area (TPSA) is 352 Å². The molecule has 1 atom stereocenters. The first-order chi connectivity index (χ1) is 40.3. The van der Waals surface area contributed by atoms with E-state index in [1.54, 1.807) is 50.2 Å². The predicted octanol–water partition coefficient (Wildman–Crippen LogP) is 5.76. The van der Waals surface area contributed by atoms with Gasteiger partial charge in [-0.1, -0.05) is 73.5 Å². The van der Waals surface area contributed by atoms with Crippen molar-refractivity contribution in [2.45, 2.75) is 99.7 Å². The lowest BCUT2D eigenvalue weighted by Crippen LogP contribution is -2.65. The van der Waals surface area contributed by atoms with Crippen LogP contribution in [0.4, 0.5) is 11.4 Å². The number of carboxylic acid groups (broad SMARTS) is 1. The Bertz CT molecular complexity index is 3870. The van der Waals surface area contributed by atoms with Crippen molar-refractivity contribution in [3.63, 3.8) is 0 Å². The normalized spacial score (nSPS) is 18.6. The Morgan fingerprint density at radius 1 is 0.588 bits per heavy atom. The van der Waals surface area contributed by atoms with Gasteiger partial charge in [-0.05, 0) is 122 Å². The number of pyridine rings is 2. The minimum Gasteiger partial charge on any atom is -0.506 e. The van der Waals surface area contributed by atoms with Crippen molar-refractivity contribution in [3.8, 4) is 0 Å². The van der Waals surface area contributed by atoms with Gasteiger partial charge in [-0.15, -0.1) is 0 Å². The summed E-state index contributed by atoms with van der Waals surface area (Å²) >= 11 is 0. The summed E-state index contributed by atoms with van der Waals surface area (Å²) in [5.41, 5.74) is 5.74. The number of aliphatic carboxylic acids is 1. The van der Waals surface area contributed by atoms with Gasteiger partial charge in [0.1, 0.15) is 28.5 Å². The number of benzene rings is 4. The van der Waals surface area contributed by atoms with Crippen LogP contribution in [0.15, 0.2) is 166 Å². The van der Waals surface area contributed by atoms with E-state index in [0.29, 0.717) is 59.6 Å². The van der Waals surface area contributed by atoms with Gasteiger partial charge in [0.2, 0.25) is 11.5 Å². The van der Waals surface area contributed by atoms with Crippen LogP contribution in [0, 0.1) is 0 Å². The largest absolute Gasteiger partial charge is 0.506 e. The molecule has 7 aliphatic rings. The third-order valence-corrected chi connectivity index (χ3v) is 16.8. The molecule has 4 aromatic carbocycles. The van der Waals surface area contributed by atoms with Crippen molar-refractivity contribution < 1.29 is 69.9 Å². The second-order valence-electron chi connectivity index (χ2n) is 21.3. The van der Waals surface area contributed by atoms with E-state index >= 15 is 0 Å². The van der Waals surface area contributed by atoms with E-state index in [1.807, 2.05) is 55.5 Å². The Morgan fingerprint density at radius 2 is 1.02 bits per heavy atom. The molecule has 24 heteroatoms. The zero-order valence-corrected chi connectivity index (χ0v) is 47.8. The smallest absolute Gasteiger partial charge is 0.303 e. The molecule has 8 heterocycles. The van der Waals surface area contributed by atoms with Gasteiger partial charge in [0.15, 0.2) is 5.71 Å². The molecule has 2 aromatic heterocycles. The monoisotopic (exact) mass is 1190 g/mol. The molecule has 0 saturated carbocycles. The SMILES string of the molecule is CC1(C)C(/C=C2/C(=O)C(/C=C3\Nc4ccc(S(=O)(=O)O)cc4[C@@]3(C)CCCCCC(=O)O)=C2O)=[NH+]c2ccc(S(=O)(=O)O)cc21.O=C1NCc2ccc(cc2)CNC(=O)c2cccc(n2)C(=O)NCc2ccc(cc2)CNC(=O)c2cccc1n2. The third kappa shape index (κ3) is 13.6. The maximum absolute atomic E-state index is 13.4. The summed E-state index contributed by atoms with van der Waals surface area (Å²) < 4.78 is 66.3. The minimum absolute atomic E-state index is 0.0168. The number of aliphatic hydroxyl groups is 1. The lowest BCUT2D eigenvalue weighted by atomic mass is 9.75. The molecule has 8 bridgehead atoms. The summed E-state index contributed by atoms with van der Waals surface area (Å²) in [7, 11) is -8.93. The van der Waals surface area contributed by atoms with Gasteiger partial charge in [0.25, 0.3) is 43.9 Å². The number of allylic oxidation sites excluding steroid dienone is 5. The highest BCUT2D eigenvalue weighted by atomic mass is 32.2. The highest BCUT2D eigenvalue weighted by Crippen LogP contribution is 2.49. The highest BCUT2D eigenvalue weighted by molar-refractivity contribution is 7.86. The summed E-state index contributed by atoms with van der Waals surface area (Å²) in [6.45, 7) is 6.51. The fourth-order valence-electron chi connectivity index (χ4n) is 10.1. The van der Waals surface area contributed by atoms with Gasteiger partial charge in [0, 0.05) is 67.1 Å². The van der Waals surface area contributed by atoms with Crippen LogP contribution in [0.3, 0.4) is 0 Å². The van der Waals surface area contributed by atoms with E-state index in [9.17, 15) is 59.8 Å². The third-order valence-electron chi connectivity index (χ3n) is 15.1. The molecule has 0 spiro atoms. The lowest BCUT2D eigenvalue weighted by molar-refractivity contribution is -0.349. The van der Waals surface area contributed by atoms with Crippen LogP contribution >= 0.6 is 0 Å². The molecular weight excluding hydrogens is 1130 g/mol. The number of aliphatic hydroxyl groups excluding tert-OH is 1. The van der Waals surface area contributed by atoms with E-state index < -0.39 is 66.4 Å². The molecule has 4 amide bonds. The summed E-state index contributed by atoms with van der Waals surface area (Å²) in [5.74, 6) is -3.19. The van der Waals surface area contributed by atoms with Gasteiger partial charge in [-0.25, -0.2) is 15.0 Å². The molecule has 438 valence electrons. The van der Waals surface area contributed by atoms with Crippen LogP contribution in [0.2, 0.25) is 0 Å². The zero-order chi connectivity index (χ0) is 61.0. The molecule has 13 rings (SSSR count). The lowest BCUT2D eigenvalue weighted by Gasteiger charge is -2.28. The molecule has 6 aliphatic heterocycles. The number of amides is 4. The summed E-state index contributed by atoms with van der Waals surface area (Å²) in [6.07, 6.45) is 5.13. The van der Waals surface area contributed by atoms with Crippen molar-refractivity contribution >= 4 is 72.7 Å². The van der Waals surface area contributed by atoms with E-state index in [4.69, 9.17) is 5.11 Å². The van der Waals surface area contributed by atoms with Gasteiger partial charge >= 0.3 is 5.97 Å². The Labute approximate surface area is 488 Å². The molecule has 10 N–H and O–H groups in total. The van der Waals surface area contributed by atoms with E-state index in [-0.39, 0.29) is 82.1 Å². The van der Waals surface area contributed by atoms with Crippen LogP contribution in [0.1, 0.15) is 128 Å².